The Morgan fingerprint density at radius 1 is 1.35 bits per heavy atom. The SMILES string of the molecule is CCc1nn(C)c2c1nc(N)n2Cc1cccc(Br)c1. The van der Waals surface area contributed by atoms with Crippen LogP contribution in [0.4, 0.5) is 5.95 Å². The molecule has 0 unspecified atom stereocenters. The van der Waals surface area contributed by atoms with Crippen LogP contribution in [0.1, 0.15) is 18.2 Å². The van der Waals surface area contributed by atoms with Gasteiger partial charge in [-0.05, 0) is 24.1 Å². The van der Waals surface area contributed by atoms with Crippen LogP contribution in [0.2, 0.25) is 0 Å². The molecule has 0 amide bonds. The molecule has 0 aliphatic heterocycles. The first-order chi connectivity index (χ1) is 9.60. The van der Waals surface area contributed by atoms with Gasteiger partial charge in [-0.2, -0.15) is 5.10 Å². The number of hydrogen-bond donors (Lipinski definition) is 1. The molecule has 0 spiro atoms. The van der Waals surface area contributed by atoms with E-state index >= 15 is 0 Å². The predicted octanol–water partition coefficient (Wildman–Crippen LogP) is 2.73. The summed E-state index contributed by atoms with van der Waals surface area (Å²) < 4.78 is 4.92. The maximum atomic E-state index is 6.08. The first-order valence-electron chi connectivity index (χ1n) is 6.52. The van der Waals surface area contributed by atoms with Crippen LogP contribution in [0.3, 0.4) is 0 Å². The fourth-order valence-electron chi connectivity index (χ4n) is 2.47. The van der Waals surface area contributed by atoms with Crippen molar-refractivity contribution in [1.82, 2.24) is 19.3 Å². The van der Waals surface area contributed by atoms with E-state index in [0.29, 0.717) is 12.5 Å². The van der Waals surface area contributed by atoms with Gasteiger partial charge in [-0.1, -0.05) is 35.0 Å². The van der Waals surface area contributed by atoms with Gasteiger partial charge in [0.2, 0.25) is 5.95 Å². The van der Waals surface area contributed by atoms with E-state index in [9.17, 15) is 0 Å². The minimum atomic E-state index is 0.530. The second-order valence-corrected chi connectivity index (χ2v) is 5.70. The summed E-state index contributed by atoms with van der Waals surface area (Å²) in [5, 5.41) is 4.50. The predicted molar refractivity (Wildman–Crippen MR) is 83.5 cm³/mol. The molecule has 0 fully saturated rings. The van der Waals surface area contributed by atoms with Gasteiger partial charge in [0.05, 0.1) is 12.2 Å². The Kier molecular flexibility index (Phi) is 3.25. The summed E-state index contributed by atoms with van der Waals surface area (Å²) in [5.41, 5.74) is 10.1. The molecule has 104 valence electrons. The summed E-state index contributed by atoms with van der Waals surface area (Å²) in [5.74, 6) is 0.530. The van der Waals surface area contributed by atoms with E-state index in [-0.39, 0.29) is 0 Å². The van der Waals surface area contributed by atoms with Crippen molar-refractivity contribution in [3.05, 3.63) is 40.0 Å². The molecular weight excluding hydrogens is 318 g/mol. The molecule has 0 atom stereocenters. The highest BCUT2D eigenvalue weighted by Crippen LogP contribution is 2.23. The van der Waals surface area contributed by atoms with Crippen LogP contribution in [0.5, 0.6) is 0 Å². The number of fused-ring (bicyclic) bond motifs is 1. The van der Waals surface area contributed by atoms with Gasteiger partial charge in [0.25, 0.3) is 0 Å². The second kappa shape index (κ2) is 4.94. The Morgan fingerprint density at radius 2 is 2.15 bits per heavy atom. The summed E-state index contributed by atoms with van der Waals surface area (Å²) in [6, 6.07) is 8.19. The summed E-state index contributed by atoms with van der Waals surface area (Å²) in [6.45, 7) is 2.76. The first kappa shape index (κ1) is 13.2. The second-order valence-electron chi connectivity index (χ2n) is 4.78. The van der Waals surface area contributed by atoms with Crippen LogP contribution in [-0.4, -0.2) is 19.3 Å². The van der Waals surface area contributed by atoms with Gasteiger partial charge in [-0.3, -0.25) is 9.25 Å². The number of rotatable bonds is 3. The molecule has 0 saturated heterocycles. The summed E-state index contributed by atoms with van der Waals surface area (Å²) in [7, 11) is 1.93. The zero-order valence-corrected chi connectivity index (χ0v) is 13.1. The summed E-state index contributed by atoms with van der Waals surface area (Å²) in [4.78, 5) is 4.47. The smallest absolute Gasteiger partial charge is 0.202 e. The van der Waals surface area contributed by atoms with Crippen molar-refractivity contribution in [3.63, 3.8) is 0 Å². The molecule has 0 bridgehead atoms. The van der Waals surface area contributed by atoms with E-state index in [1.165, 1.54) is 5.56 Å². The highest BCUT2D eigenvalue weighted by molar-refractivity contribution is 9.10. The number of hydrogen-bond acceptors (Lipinski definition) is 3. The number of benzene rings is 1. The Bertz CT molecular complexity index is 771. The van der Waals surface area contributed by atoms with Gasteiger partial charge >= 0.3 is 0 Å². The van der Waals surface area contributed by atoms with Crippen molar-refractivity contribution in [2.45, 2.75) is 19.9 Å². The zero-order chi connectivity index (χ0) is 14.3. The molecule has 2 N–H and O–H groups in total. The molecule has 0 aliphatic carbocycles. The molecule has 20 heavy (non-hydrogen) atoms. The normalized spacial score (nSPS) is 11.3. The third kappa shape index (κ3) is 2.10. The van der Waals surface area contributed by atoms with Crippen molar-refractivity contribution in [3.8, 4) is 0 Å². The number of nitrogens with two attached hydrogens (primary N) is 1. The van der Waals surface area contributed by atoms with Crippen LogP contribution < -0.4 is 5.73 Å². The molecule has 3 rings (SSSR count). The number of halogens is 1. The van der Waals surface area contributed by atoms with Gasteiger partial charge in [-0.25, -0.2) is 4.98 Å². The van der Waals surface area contributed by atoms with Gasteiger partial charge in [0, 0.05) is 11.5 Å². The Balaban J connectivity index is 2.11. The quantitative estimate of drug-likeness (QED) is 0.801. The minimum absolute atomic E-state index is 0.530. The van der Waals surface area contributed by atoms with Gasteiger partial charge in [-0.15, -0.1) is 0 Å². The first-order valence-corrected chi connectivity index (χ1v) is 7.31. The maximum Gasteiger partial charge on any atom is 0.202 e. The standard InChI is InChI=1S/C14H16BrN5/c1-3-11-12-13(19(2)18-11)20(14(16)17-12)8-9-5-4-6-10(15)7-9/h4-7H,3,8H2,1-2H3,(H2,16,17). The van der Waals surface area contributed by atoms with E-state index in [4.69, 9.17) is 5.73 Å². The zero-order valence-electron chi connectivity index (χ0n) is 11.5. The lowest BCUT2D eigenvalue weighted by atomic mass is 10.2. The van der Waals surface area contributed by atoms with Gasteiger partial charge in [0.15, 0.2) is 5.65 Å². The summed E-state index contributed by atoms with van der Waals surface area (Å²) >= 11 is 3.49. The molecule has 6 heteroatoms. The summed E-state index contributed by atoms with van der Waals surface area (Å²) in [6.07, 6.45) is 0.852. The van der Waals surface area contributed by atoms with Crippen LogP contribution in [0.15, 0.2) is 28.7 Å². The molecule has 3 aromatic rings. The molecule has 5 nitrogen and oxygen atoms in total. The van der Waals surface area contributed by atoms with Crippen molar-refractivity contribution in [2.24, 2.45) is 7.05 Å². The van der Waals surface area contributed by atoms with Crippen LogP contribution >= 0.6 is 15.9 Å². The van der Waals surface area contributed by atoms with Crippen LogP contribution in [0, 0.1) is 0 Å². The number of nitrogens with zero attached hydrogens (tertiary/aromatic N) is 4. The Morgan fingerprint density at radius 3 is 2.85 bits per heavy atom. The molecule has 2 aromatic heterocycles. The lowest BCUT2D eigenvalue weighted by Gasteiger charge is -2.07. The van der Waals surface area contributed by atoms with Crippen LogP contribution in [-0.2, 0) is 20.0 Å². The highest BCUT2D eigenvalue weighted by atomic mass is 79.9. The van der Waals surface area contributed by atoms with Crippen molar-refractivity contribution in [1.29, 1.82) is 0 Å². The number of imidazole rings is 1. The Hall–Kier alpha value is -1.82. The average Bonchev–Trinajstić information content (AvgIpc) is 2.88. The maximum absolute atomic E-state index is 6.08. The van der Waals surface area contributed by atoms with Crippen LogP contribution in [0.25, 0.3) is 11.2 Å². The van der Waals surface area contributed by atoms with Crippen molar-refractivity contribution in [2.75, 3.05) is 5.73 Å². The monoisotopic (exact) mass is 333 g/mol. The topological polar surface area (TPSA) is 61.7 Å². The fraction of sp³-hybridized carbons (Fsp3) is 0.286. The minimum Gasteiger partial charge on any atom is -0.369 e. The lowest BCUT2D eigenvalue weighted by molar-refractivity contribution is 0.719. The van der Waals surface area contributed by atoms with Gasteiger partial charge in [0.1, 0.15) is 5.52 Å². The van der Waals surface area contributed by atoms with E-state index in [2.05, 4.69) is 45.1 Å². The highest BCUT2D eigenvalue weighted by Gasteiger charge is 2.17. The van der Waals surface area contributed by atoms with E-state index < -0.39 is 0 Å². The Labute approximate surface area is 125 Å². The van der Waals surface area contributed by atoms with Gasteiger partial charge < -0.3 is 5.73 Å². The molecule has 1 aromatic carbocycles. The van der Waals surface area contributed by atoms with Crippen molar-refractivity contribution >= 4 is 33.0 Å². The number of aromatic nitrogens is 4. The molecular formula is C14H16BrN5. The van der Waals surface area contributed by atoms with E-state index in [1.54, 1.807) is 0 Å². The molecule has 2 heterocycles. The third-order valence-electron chi connectivity index (χ3n) is 3.39. The third-order valence-corrected chi connectivity index (χ3v) is 3.88. The largest absolute Gasteiger partial charge is 0.369 e. The molecule has 0 saturated carbocycles. The van der Waals surface area contributed by atoms with Crippen molar-refractivity contribution < 1.29 is 0 Å². The van der Waals surface area contributed by atoms with E-state index in [1.807, 2.05) is 28.4 Å². The number of nitrogen functional groups attached to an aromatic ring is 1. The molecule has 0 aliphatic rings. The number of aryl methyl sites for hydroxylation is 2. The van der Waals surface area contributed by atoms with E-state index in [0.717, 1.165) is 27.8 Å². The fourth-order valence-corrected chi connectivity index (χ4v) is 2.92. The lowest BCUT2D eigenvalue weighted by Crippen LogP contribution is -2.08. The average molecular weight is 334 g/mol. The number of anilines is 1. The molecule has 0 radical (unpaired) electrons.